The lowest BCUT2D eigenvalue weighted by Crippen LogP contribution is -2.33. The molecule has 0 saturated carbocycles. The fraction of sp³-hybridized carbons (Fsp3) is 0.357. The number of hydrogen-bond acceptors (Lipinski definition) is 6. The first-order valence-electron chi connectivity index (χ1n) is 11.9. The maximum atomic E-state index is 13.2. The Hall–Kier alpha value is -3.58. The van der Waals surface area contributed by atoms with Crippen molar-refractivity contribution in [2.24, 2.45) is 0 Å². The molecular formula is C28H34N2O5. The molecule has 1 aliphatic rings. The SMILES string of the molecule is C=CCOc1cccc([C@H]2C(=C(O)c3ccc(OC)cc3)C(=O)C(=O)N2CCCN(CC)CC)c1. The summed E-state index contributed by atoms with van der Waals surface area (Å²) in [4.78, 5) is 30.2. The summed E-state index contributed by atoms with van der Waals surface area (Å²) >= 11 is 0. The van der Waals surface area contributed by atoms with E-state index in [2.05, 4.69) is 25.3 Å². The van der Waals surface area contributed by atoms with Crippen LogP contribution in [0.5, 0.6) is 11.5 Å². The molecule has 0 spiro atoms. The summed E-state index contributed by atoms with van der Waals surface area (Å²) < 4.78 is 10.9. The first kappa shape index (κ1) is 26.0. The number of rotatable bonds is 12. The molecule has 2 aromatic rings. The minimum Gasteiger partial charge on any atom is -0.507 e. The van der Waals surface area contributed by atoms with Gasteiger partial charge in [-0.25, -0.2) is 0 Å². The number of aliphatic hydroxyl groups excluding tert-OH is 1. The van der Waals surface area contributed by atoms with E-state index >= 15 is 0 Å². The molecule has 0 bridgehead atoms. The van der Waals surface area contributed by atoms with Crippen molar-refractivity contribution in [1.29, 1.82) is 0 Å². The van der Waals surface area contributed by atoms with E-state index in [1.165, 1.54) is 0 Å². The van der Waals surface area contributed by atoms with Crippen molar-refractivity contribution in [2.45, 2.75) is 26.3 Å². The number of hydrogen-bond donors (Lipinski definition) is 1. The minimum atomic E-state index is -0.721. The van der Waals surface area contributed by atoms with Gasteiger partial charge in [0, 0.05) is 12.1 Å². The molecule has 1 saturated heterocycles. The molecule has 1 fully saturated rings. The van der Waals surface area contributed by atoms with Crippen molar-refractivity contribution in [1.82, 2.24) is 9.80 Å². The van der Waals surface area contributed by atoms with Crippen LogP contribution in [-0.2, 0) is 9.59 Å². The highest BCUT2D eigenvalue weighted by Gasteiger charge is 2.45. The van der Waals surface area contributed by atoms with E-state index in [4.69, 9.17) is 9.47 Å². The van der Waals surface area contributed by atoms with E-state index in [1.807, 2.05) is 18.2 Å². The predicted octanol–water partition coefficient (Wildman–Crippen LogP) is 4.41. The van der Waals surface area contributed by atoms with Crippen molar-refractivity contribution in [3.05, 3.63) is 77.9 Å². The molecule has 0 radical (unpaired) electrons. The maximum absolute atomic E-state index is 13.2. The smallest absolute Gasteiger partial charge is 0.295 e. The van der Waals surface area contributed by atoms with Gasteiger partial charge in [-0.1, -0.05) is 38.6 Å². The van der Waals surface area contributed by atoms with Gasteiger partial charge in [-0.3, -0.25) is 9.59 Å². The molecule has 0 unspecified atom stereocenters. The lowest BCUT2D eigenvalue weighted by atomic mass is 9.95. The Balaban J connectivity index is 2.04. The number of benzene rings is 2. The Labute approximate surface area is 207 Å². The number of likely N-dealkylation sites (tertiary alicyclic amines) is 1. The maximum Gasteiger partial charge on any atom is 0.295 e. The minimum absolute atomic E-state index is 0.0730. The fourth-order valence-electron chi connectivity index (χ4n) is 4.30. The molecule has 35 heavy (non-hydrogen) atoms. The summed E-state index contributed by atoms with van der Waals surface area (Å²) in [6.45, 7) is 11.2. The van der Waals surface area contributed by atoms with Crippen LogP contribution in [0, 0.1) is 0 Å². The molecule has 1 N–H and O–H groups in total. The number of aliphatic hydroxyl groups is 1. The van der Waals surface area contributed by atoms with Crippen molar-refractivity contribution in [3.63, 3.8) is 0 Å². The van der Waals surface area contributed by atoms with Gasteiger partial charge in [-0.15, -0.1) is 0 Å². The molecule has 1 atom stereocenters. The molecular weight excluding hydrogens is 444 g/mol. The van der Waals surface area contributed by atoms with Crippen molar-refractivity contribution >= 4 is 17.4 Å². The van der Waals surface area contributed by atoms with Gasteiger partial charge < -0.3 is 24.4 Å². The van der Waals surface area contributed by atoms with Crippen molar-refractivity contribution in [2.75, 3.05) is 39.9 Å². The summed E-state index contributed by atoms with van der Waals surface area (Å²) in [6, 6.07) is 13.3. The first-order valence-corrected chi connectivity index (χ1v) is 11.9. The zero-order chi connectivity index (χ0) is 25.4. The van der Waals surface area contributed by atoms with Gasteiger partial charge in [0.15, 0.2) is 0 Å². The van der Waals surface area contributed by atoms with Crippen molar-refractivity contribution in [3.8, 4) is 11.5 Å². The molecule has 1 amide bonds. The van der Waals surface area contributed by atoms with Gasteiger partial charge in [0.05, 0.1) is 18.7 Å². The number of ether oxygens (including phenoxy) is 2. The molecule has 7 nitrogen and oxygen atoms in total. The highest BCUT2D eigenvalue weighted by atomic mass is 16.5. The number of methoxy groups -OCH3 is 1. The topological polar surface area (TPSA) is 79.3 Å². The summed E-state index contributed by atoms with van der Waals surface area (Å²) in [5.41, 5.74) is 1.21. The van der Waals surface area contributed by atoms with Gasteiger partial charge >= 0.3 is 0 Å². The largest absolute Gasteiger partial charge is 0.507 e. The van der Waals surface area contributed by atoms with E-state index in [0.29, 0.717) is 42.2 Å². The molecule has 1 heterocycles. The number of carbonyl (C=O) groups is 2. The monoisotopic (exact) mass is 478 g/mol. The standard InChI is InChI=1S/C28H34N2O5/c1-5-18-35-23-11-8-10-21(19-23)25-24(26(31)20-12-14-22(34-4)15-13-20)27(32)28(33)30(25)17-9-16-29(6-2)7-3/h5,8,10-15,19,25,31H,1,6-7,9,16-18H2,2-4H3/t25-/m0/s1. The molecule has 2 aromatic carbocycles. The Bertz CT molecular complexity index is 1070. The van der Waals surface area contributed by atoms with E-state index in [-0.39, 0.29) is 11.3 Å². The Morgan fingerprint density at radius 1 is 1.11 bits per heavy atom. The second-order valence-corrected chi connectivity index (χ2v) is 8.27. The van der Waals surface area contributed by atoms with Crippen LogP contribution < -0.4 is 9.47 Å². The highest BCUT2D eigenvalue weighted by Crippen LogP contribution is 2.40. The van der Waals surface area contributed by atoms with Gasteiger partial charge in [0.1, 0.15) is 23.9 Å². The van der Waals surface area contributed by atoms with Crippen LogP contribution in [0.3, 0.4) is 0 Å². The van der Waals surface area contributed by atoms with E-state index < -0.39 is 17.7 Å². The molecule has 7 heteroatoms. The zero-order valence-electron chi connectivity index (χ0n) is 20.7. The van der Waals surface area contributed by atoms with E-state index in [1.54, 1.807) is 48.4 Å². The molecule has 186 valence electrons. The molecule has 0 aromatic heterocycles. The number of amides is 1. The Morgan fingerprint density at radius 2 is 1.83 bits per heavy atom. The highest BCUT2D eigenvalue weighted by molar-refractivity contribution is 6.46. The van der Waals surface area contributed by atoms with Gasteiger partial charge in [0.25, 0.3) is 11.7 Å². The number of carbonyl (C=O) groups excluding carboxylic acids is 2. The second kappa shape index (κ2) is 12.2. The zero-order valence-corrected chi connectivity index (χ0v) is 20.7. The third kappa shape index (κ3) is 5.92. The lowest BCUT2D eigenvalue weighted by molar-refractivity contribution is -0.140. The third-order valence-electron chi connectivity index (χ3n) is 6.21. The predicted molar refractivity (Wildman–Crippen MR) is 137 cm³/mol. The third-order valence-corrected chi connectivity index (χ3v) is 6.21. The van der Waals surface area contributed by atoms with Crippen LogP contribution in [0.25, 0.3) is 5.76 Å². The second-order valence-electron chi connectivity index (χ2n) is 8.27. The van der Waals surface area contributed by atoms with Crippen LogP contribution in [-0.4, -0.2) is 66.5 Å². The average Bonchev–Trinajstić information content (AvgIpc) is 3.14. The van der Waals surface area contributed by atoms with Crippen LogP contribution >= 0.6 is 0 Å². The van der Waals surface area contributed by atoms with Crippen molar-refractivity contribution < 1.29 is 24.2 Å². The van der Waals surface area contributed by atoms with Crippen LogP contribution in [0.2, 0.25) is 0 Å². The summed E-state index contributed by atoms with van der Waals surface area (Å²) in [5, 5.41) is 11.2. The average molecular weight is 479 g/mol. The number of ketones is 1. The fourth-order valence-corrected chi connectivity index (χ4v) is 4.30. The van der Waals surface area contributed by atoms with Crippen LogP contribution in [0.15, 0.2) is 66.8 Å². The van der Waals surface area contributed by atoms with Gasteiger partial charge in [0.2, 0.25) is 0 Å². The summed E-state index contributed by atoms with van der Waals surface area (Å²) in [6.07, 6.45) is 2.36. The van der Waals surface area contributed by atoms with Gasteiger partial charge in [-0.2, -0.15) is 0 Å². The first-order chi connectivity index (χ1) is 16.9. The van der Waals surface area contributed by atoms with Crippen LogP contribution in [0.4, 0.5) is 0 Å². The number of nitrogens with zero attached hydrogens (tertiary/aromatic N) is 2. The lowest BCUT2D eigenvalue weighted by Gasteiger charge is -2.27. The van der Waals surface area contributed by atoms with Gasteiger partial charge in [-0.05, 0) is 68.0 Å². The molecule has 3 rings (SSSR count). The van der Waals surface area contributed by atoms with Crippen LogP contribution in [0.1, 0.15) is 37.4 Å². The summed E-state index contributed by atoms with van der Waals surface area (Å²) in [7, 11) is 1.56. The Morgan fingerprint density at radius 3 is 2.46 bits per heavy atom. The van der Waals surface area contributed by atoms with E-state index in [0.717, 1.165) is 19.6 Å². The number of Topliss-reactive ketones (excluding diaryl/α,β-unsaturated/α-hetero) is 1. The molecule has 0 aliphatic carbocycles. The quantitative estimate of drug-likeness (QED) is 0.211. The molecule has 1 aliphatic heterocycles. The summed E-state index contributed by atoms with van der Waals surface area (Å²) in [5.74, 6) is -0.284. The Kier molecular flexibility index (Phi) is 9.09. The normalized spacial score (nSPS) is 17.1. The van der Waals surface area contributed by atoms with E-state index in [9.17, 15) is 14.7 Å².